The fourth-order valence-electron chi connectivity index (χ4n) is 1.70. The summed E-state index contributed by atoms with van der Waals surface area (Å²) in [6, 6.07) is 5.31. The normalized spacial score (nSPS) is 15.7. The molecule has 1 aromatic carbocycles. The minimum absolute atomic E-state index is 0.366. The van der Waals surface area contributed by atoms with Crippen LogP contribution in [0.3, 0.4) is 0 Å². The highest BCUT2D eigenvalue weighted by Crippen LogP contribution is 2.16. The highest BCUT2D eigenvalue weighted by molar-refractivity contribution is 5.87. The zero-order valence-corrected chi connectivity index (χ0v) is 7.82. The molecule has 0 bridgehead atoms. The third-order valence-electron chi connectivity index (χ3n) is 2.48. The van der Waals surface area contributed by atoms with Crippen LogP contribution in [0.4, 0.5) is 0 Å². The van der Waals surface area contributed by atoms with Gasteiger partial charge in [-0.2, -0.15) is 0 Å². The predicted octanol–water partition coefficient (Wildman–Crippen LogP) is 1.50. The second kappa shape index (κ2) is 3.80. The van der Waals surface area contributed by atoms with E-state index in [-0.39, 0.29) is 0 Å². The molecule has 0 aliphatic carbocycles. The van der Waals surface area contributed by atoms with Crippen molar-refractivity contribution >= 4 is 5.97 Å². The lowest BCUT2D eigenvalue weighted by Crippen LogP contribution is -2.00. The minimum Gasteiger partial charge on any atom is -0.478 e. The number of benzene rings is 1. The molecule has 1 aliphatic heterocycles. The topological polar surface area (TPSA) is 46.5 Å². The molecule has 0 saturated carbocycles. The van der Waals surface area contributed by atoms with E-state index in [1.165, 1.54) is 5.56 Å². The van der Waals surface area contributed by atoms with E-state index >= 15 is 0 Å². The number of aromatic carboxylic acids is 1. The van der Waals surface area contributed by atoms with Gasteiger partial charge in [0.15, 0.2) is 0 Å². The average Bonchev–Trinajstić information content (AvgIpc) is 2.41. The summed E-state index contributed by atoms with van der Waals surface area (Å²) in [5, 5.41) is 8.83. The standard InChI is InChI=1S/C11H12O3/c12-11(13)10-2-1-8-3-5-14-6-4-9(8)7-10/h1-2,7H,3-6H2,(H,12,13). The summed E-state index contributed by atoms with van der Waals surface area (Å²) < 4.78 is 5.33. The molecular weight excluding hydrogens is 180 g/mol. The van der Waals surface area contributed by atoms with Crippen LogP contribution in [-0.2, 0) is 17.6 Å². The van der Waals surface area contributed by atoms with Crippen molar-refractivity contribution in [2.24, 2.45) is 0 Å². The first-order valence-corrected chi connectivity index (χ1v) is 4.70. The van der Waals surface area contributed by atoms with E-state index < -0.39 is 5.97 Å². The Morgan fingerprint density at radius 1 is 1.21 bits per heavy atom. The smallest absolute Gasteiger partial charge is 0.335 e. The van der Waals surface area contributed by atoms with E-state index in [9.17, 15) is 4.79 Å². The fourth-order valence-corrected chi connectivity index (χ4v) is 1.70. The van der Waals surface area contributed by atoms with E-state index in [0.29, 0.717) is 12.2 Å². The maximum atomic E-state index is 10.7. The van der Waals surface area contributed by atoms with Crippen molar-refractivity contribution in [1.29, 1.82) is 0 Å². The van der Waals surface area contributed by atoms with Crippen LogP contribution in [0.15, 0.2) is 18.2 Å². The van der Waals surface area contributed by atoms with Crippen molar-refractivity contribution < 1.29 is 14.6 Å². The third-order valence-corrected chi connectivity index (χ3v) is 2.48. The number of carboxylic acids is 1. The Balaban J connectivity index is 2.37. The molecule has 0 fully saturated rings. The molecule has 3 heteroatoms. The second-order valence-electron chi connectivity index (χ2n) is 3.40. The molecule has 3 nitrogen and oxygen atoms in total. The summed E-state index contributed by atoms with van der Waals surface area (Å²) in [6.07, 6.45) is 1.70. The Bertz CT molecular complexity index is 358. The largest absolute Gasteiger partial charge is 0.478 e. The van der Waals surface area contributed by atoms with Gasteiger partial charge in [-0.05, 0) is 36.1 Å². The average molecular weight is 192 g/mol. The summed E-state index contributed by atoms with van der Waals surface area (Å²) in [4.78, 5) is 10.7. The predicted molar refractivity (Wildman–Crippen MR) is 51.6 cm³/mol. The van der Waals surface area contributed by atoms with Crippen LogP contribution in [0.25, 0.3) is 0 Å². The van der Waals surface area contributed by atoms with Crippen molar-refractivity contribution in [1.82, 2.24) is 0 Å². The molecule has 0 atom stereocenters. The summed E-state index contributed by atoms with van der Waals surface area (Å²) >= 11 is 0. The molecule has 0 unspecified atom stereocenters. The highest BCUT2D eigenvalue weighted by atomic mass is 16.5. The Morgan fingerprint density at radius 2 is 1.93 bits per heavy atom. The van der Waals surface area contributed by atoms with Crippen LogP contribution in [0.1, 0.15) is 21.5 Å². The Morgan fingerprint density at radius 3 is 2.64 bits per heavy atom. The molecule has 1 aliphatic rings. The molecule has 2 rings (SSSR count). The van der Waals surface area contributed by atoms with Gasteiger partial charge in [0.05, 0.1) is 18.8 Å². The minimum atomic E-state index is -0.863. The summed E-state index contributed by atoms with van der Waals surface area (Å²) in [6.45, 7) is 1.43. The monoisotopic (exact) mass is 192 g/mol. The van der Waals surface area contributed by atoms with E-state index in [1.807, 2.05) is 6.07 Å². The zero-order valence-electron chi connectivity index (χ0n) is 7.82. The van der Waals surface area contributed by atoms with Gasteiger partial charge in [0.1, 0.15) is 0 Å². The number of hydrogen-bond donors (Lipinski definition) is 1. The number of rotatable bonds is 1. The summed E-state index contributed by atoms with van der Waals surface area (Å²) in [5.41, 5.74) is 2.69. The van der Waals surface area contributed by atoms with Crippen molar-refractivity contribution in [3.05, 3.63) is 34.9 Å². The zero-order chi connectivity index (χ0) is 9.97. The number of carboxylic acid groups (broad SMARTS) is 1. The van der Waals surface area contributed by atoms with E-state index in [4.69, 9.17) is 9.84 Å². The molecule has 0 aromatic heterocycles. The maximum absolute atomic E-state index is 10.7. The molecule has 1 N–H and O–H groups in total. The van der Waals surface area contributed by atoms with Crippen molar-refractivity contribution in [3.63, 3.8) is 0 Å². The molecule has 1 heterocycles. The fraction of sp³-hybridized carbons (Fsp3) is 0.364. The van der Waals surface area contributed by atoms with Gasteiger partial charge in [0.2, 0.25) is 0 Å². The quantitative estimate of drug-likeness (QED) is 0.733. The van der Waals surface area contributed by atoms with Gasteiger partial charge < -0.3 is 9.84 Å². The van der Waals surface area contributed by atoms with Crippen molar-refractivity contribution in [2.45, 2.75) is 12.8 Å². The third kappa shape index (κ3) is 1.77. The van der Waals surface area contributed by atoms with Gasteiger partial charge >= 0.3 is 5.97 Å². The molecule has 14 heavy (non-hydrogen) atoms. The van der Waals surface area contributed by atoms with Gasteiger partial charge in [-0.15, -0.1) is 0 Å². The number of ether oxygens (including phenoxy) is 1. The molecule has 0 spiro atoms. The lowest BCUT2D eigenvalue weighted by molar-refractivity contribution is 0.0696. The van der Waals surface area contributed by atoms with Gasteiger partial charge in [0, 0.05) is 0 Å². The number of fused-ring (bicyclic) bond motifs is 1. The first-order valence-electron chi connectivity index (χ1n) is 4.70. The van der Waals surface area contributed by atoms with E-state index in [1.54, 1.807) is 12.1 Å². The van der Waals surface area contributed by atoms with Crippen LogP contribution in [-0.4, -0.2) is 24.3 Å². The molecule has 0 radical (unpaired) electrons. The molecule has 0 saturated heterocycles. The SMILES string of the molecule is O=C(O)c1ccc2c(c1)CCOCC2. The molecule has 0 amide bonds. The van der Waals surface area contributed by atoms with E-state index in [2.05, 4.69) is 0 Å². The lowest BCUT2D eigenvalue weighted by Gasteiger charge is -2.04. The summed E-state index contributed by atoms with van der Waals surface area (Å²) in [7, 11) is 0. The Kier molecular flexibility index (Phi) is 2.50. The van der Waals surface area contributed by atoms with Gasteiger partial charge in [-0.25, -0.2) is 4.79 Å². The van der Waals surface area contributed by atoms with Gasteiger partial charge in [-0.1, -0.05) is 6.07 Å². The Labute approximate surface area is 82.3 Å². The van der Waals surface area contributed by atoms with Gasteiger partial charge in [-0.3, -0.25) is 0 Å². The molecule has 1 aromatic rings. The van der Waals surface area contributed by atoms with Crippen LogP contribution in [0.5, 0.6) is 0 Å². The maximum Gasteiger partial charge on any atom is 0.335 e. The Hall–Kier alpha value is -1.35. The lowest BCUT2D eigenvalue weighted by atomic mass is 10.0. The molecular formula is C11H12O3. The van der Waals surface area contributed by atoms with Gasteiger partial charge in [0.25, 0.3) is 0 Å². The first-order chi connectivity index (χ1) is 6.77. The number of carbonyl (C=O) groups is 1. The van der Waals surface area contributed by atoms with Crippen LogP contribution >= 0.6 is 0 Å². The molecule has 74 valence electrons. The van der Waals surface area contributed by atoms with Crippen LogP contribution in [0, 0.1) is 0 Å². The van der Waals surface area contributed by atoms with Crippen LogP contribution < -0.4 is 0 Å². The number of hydrogen-bond acceptors (Lipinski definition) is 2. The second-order valence-corrected chi connectivity index (χ2v) is 3.40. The first kappa shape index (κ1) is 9.21. The van der Waals surface area contributed by atoms with Crippen LogP contribution in [0.2, 0.25) is 0 Å². The van der Waals surface area contributed by atoms with Crippen molar-refractivity contribution in [3.8, 4) is 0 Å². The van der Waals surface area contributed by atoms with Crippen molar-refractivity contribution in [2.75, 3.05) is 13.2 Å². The van der Waals surface area contributed by atoms with E-state index in [0.717, 1.165) is 25.0 Å². The highest BCUT2D eigenvalue weighted by Gasteiger charge is 2.10. The summed E-state index contributed by atoms with van der Waals surface area (Å²) in [5.74, 6) is -0.863.